The second-order valence-corrected chi connectivity index (χ2v) is 6.91. The lowest BCUT2D eigenvalue weighted by Crippen LogP contribution is -2.19. The van der Waals surface area contributed by atoms with Crippen molar-refractivity contribution < 1.29 is 4.79 Å². The summed E-state index contributed by atoms with van der Waals surface area (Å²) < 4.78 is 0. The van der Waals surface area contributed by atoms with Gasteiger partial charge >= 0.3 is 0 Å². The van der Waals surface area contributed by atoms with Gasteiger partial charge in [0.05, 0.1) is 20.6 Å². The zero-order chi connectivity index (χ0) is 16.4. The van der Waals surface area contributed by atoms with Gasteiger partial charge in [0.2, 0.25) is 0 Å². The van der Waals surface area contributed by atoms with Crippen molar-refractivity contribution in [1.29, 1.82) is 0 Å². The summed E-state index contributed by atoms with van der Waals surface area (Å²) >= 11 is 18.9. The molecule has 116 valence electrons. The molecule has 1 amide bonds. The summed E-state index contributed by atoms with van der Waals surface area (Å²) in [6.07, 6.45) is 1.79. The van der Waals surface area contributed by atoms with E-state index in [-0.39, 0.29) is 5.91 Å². The lowest BCUT2D eigenvalue weighted by Gasteiger charge is -1.99. The summed E-state index contributed by atoms with van der Waals surface area (Å²) in [6, 6.07) is 12.3. The zero-order valence-corrected chi connectivity index (χ0v) is 14.6. The average molecular weight is 384 g/mol. The number of carbonyl (C=O) groups excluding carboxylic acids is 1. The van der Waals surface area contributed by atoms with Gasteiger partial charge in [-0.15, -0.1) is 0 Å². The molecule has 2 aromatic carbocycles. The molecule has 0 aliphatic carbocycles. The maximum atomic E-state index is 12.0. The number of hydrogen-bond donors (Lipinski definition) is 1. The van der Waals surface area contributed by atoms with E-state index in [1.54, 1.807) is 36.4 Å². The van der Waals surface area contributed by atoms with Crippen LogP contribution in [0.3, 0.4) is 0 Å². The monoisotopic (exact) mass is 382 g/mol. The fourth-order valence-corrected chi connectivity index (χ4v) is 3.12. The second-order valence-electron chi connectivity index (χ2n) is 4.63. The molecular formula is C16H9Cl3N2OS. The van der Waals surface area contributed by atoms with Crippen LogP contribution in [0.1, 0.15) is 5.56 Å². The summed E-state index contributed by atoms with van der Waals surface area (Å²) in [5, 5.41) is 4.74. The van der Waals surface area contributed by atoms with Crippen LogP contribution in [-0.4, -0.2) is 11.1 Å². The highest BCUT2D eigenvalue weighted by Gasteiger charge is 2.23. The van der Waals surface area contributed by atoms with Crippen LogP contribution in [0.15, 0.2) is 52.4 Å². The highest BCUT2D eigenvalue weighted by Crippen LogP contribution is 2.31. The maximum absolute atomic E-state index is 12.0. The zero-order valence-electron chi connectivity index (χ0n) is 11.5. The average Bonchev–Trinajstić information content (AvgIpc) is 2.85. The van der Waals surface area contributed by atoms with Gasteiger partial charge in [-0.3, -0.25) is 4.79 Å². The van der Waals surface area contributed by atoms with Crippen LogP contribution in [0.4, 0.5) is 5.69 Å². The molecule has 0 aromatic heterocycles. The first-order valence-corrected chi connectivity index (χ1v) is 8.46. The number of hydrogen-bond acceptors (Lipinski definition) is 3. The van der Waals surface area contributed by atoms with Crippen molar-refractivity contribution in [3.63, 3.8) is 0 Å². The first kappa shape index (κ1) is 16.4. The van der Waals surface area contributed by atoms with E-state index in [1.165, 1.54) is 11.8 Å². The van der Waals surface area contributed by atoms with E-state index in [0.717, 1.165) is 5.56 Å². The molecule has 1 fully saturated rings. The van der Waals surface area contributed by atoms with Gasteiger partial charge in [0, 0.05) is 5.02 Å². The predicted octanol–water partition coefficient (Wildman–Crippen LogP) is 5.54. The molecule has 1 saturated heterocycles. The maximum Gasteiger partial charge on any atom is 0.264 e. The van der Waals surface area contributed by atoms with Crippen LogP contribution in [0, 0.1) is 0 Å². The summed E-state index contributed by atoms with van der Waals surface area (Å²) in [5.74, 6) is -0.191. The van der Waals surface area contributed by atoms with Gasteiger partial charge < -0.3 is 5.32 Å². The molecule has 3 rings (SSSR count). The Kier molecular flexibility index (Phi) is 4.97. The highest BCUT2D eigenvalue weighted by molar-refractivity contribution is 8.18. The van der Waals surface area contributed by atoms with E-state index in [1.807, 2.05) is 12.1 Å². The van der Waals surface area contributed by atoms with Gasteiger partial charge in [-0.25, -0.2) is 4.99 Å². The van der Waals surface area contributed by atoms with Crippen molar-refractivity contribution in [3.05, 3.63) is 68.0 Å². The largest absolute Gasteiger partial charge is 0.300 e. The predicted molar refractivity (Wildman–Crippen MR) is 98.7 cm³/mol. The van der Waals surface area contributed by atoms with E-state index in [4.69, 9.17) is 34.8 Å². The Morgan fingerprint density at radius 2 is 1.74 bits per heavy atom. The molecule has 2 aromatic rings. The fraction of sp³-hybridized carbons (Fsp3) is 0. The van der Waals surface area contributed by atoms with E-state index < -0.39 is 0 Å². The molecule has 0 bridgehead atoms. The third-order valence-corrected chi connectivity index (χ3v) is 4.85. The number of aliphatic imine (C=N–C) groups is 1. The quantitative estimate of drug-likeness (QED) is 0.692. The summed E-state index contributed by atoms with van der Waals surface area (Å²) in [7, 11) is 0. The van der Waals surface area contributed by atoms with Crippen molar-refractivity contribution in [2.75, 3.05) is 0 Å². The molecule has 0 atom stereocenters. The number of rotatable bonds is 2. The van der Waals surface area contributed by atoms with Crippen molar-refractivity contribution in [2.45, 2.75) is 0 Å². The molecular weight excluding hydrogens is 375 g/mol. The van der Waals surface area contributed by atoms with Crippen LogP contribution < -0.4 is 5.32 Å². The SMILES string of the molecule is O=C1NC(=Nc2ccc(Cl)c(Cl)c2)S/C1=C/c1ccc(Cl)cc1. The van der Waals surface area contributed by atoms with Crippen molar-refractivity contribution in [1.82, 2.24) is 5.32 Å². The highest BCUT2D eigenvalue weighted by atomic mass is 35.5. The third-order valence-electron chi connectivity index (χ3n) is 2.95. The van der Waals surface area contributed by atoms with E-state index in [2.05, 4.69) is 10.3 Å². The number of halogens is 3. The van der Waals surface area contributed by atoms with Gasteiger partial charge in [0.1, 0.15) is 0 Å². The molecule has 0 saturated carbocycles. The summed E-state index contributed by atoms with van der Waals surface area (Å²) in [6.45, 7) is 0. The Morgan fingerprint density at radius 1 is 1.00 bits per heavy atom. The van der Waals surface area contributed by atoms with Crippen molar-refractivity contribution >= 4 is 69.4 Å². The second kappa shape index (κ2) is 6.97. The first-order chi connectivity index (χ1) is 11.0. The summed E-state index contributed by atoms with van der Waals surface area (Å²) in [4.78, 5) is 16.9. The topological polar surface area (TPSA) is 41.5 Å². The third kappa shape index (κ3) is 4.09. The smallest absolute Gasteiger partial charge is 0.264 e. The van der Waals surface area contributed by atoms with Crippen LogP contribution in [0.2, 0.25) is 15.1 Å². The Balaban J connectivity index is 1.82. The van der Waals surface area contributed by atoms with Crippen molar-refractivity contribution in [3.8, 4) is 0 Å². The van der Waals surface area contributed by atoms with Gasteiger partial charge in [0.25, 0.3) is 5.91 Å². The molecule has 7 heteroatoms. The molecule has 3 nitrogen and oxygen atoms in total. The molecule has 1 aliphatic rings. The Hall–Kier alpha value is -1.46. The number of amidine groups is 1. The van der Waals surface area contributed by atoms with E-state index >= 15 is 0 Å². The fourth-order valence-electron chi connectivity index (χ4n) is 1.86. The minimum absolute atomic E-state index is 0.191. The lowest BCUT2D eigenvalue weighted by molar-refractivity contribution is -0.115. The molecule has 0 radical (unpaired) electrons. The van der Waals surface area contributed by atoms with Gasteiger partial charge in [0.15, 0.2) is 5.17 Å². The number of nitrogens with zero attached hydrogens (tertiary/aromatic N) is 1. The van der Waals surface area contributed by atoms with Gasteiger partial charge in [-0.2, -0.15) is 0 Å². The molecule has 23 heavy (non-hydrogen) atoms. The van der Waals surface area contributed by atoms with Crippen molar-refractivity contribution in [2.24, 2.45) is 4.99 Å². The minimum atomic E-state index is -0.191. The summed E-state index contributed by atoms with van der Waals surface area (Å²) in [5.41, 5.74) is 1.51. The Morgan fingerprint density at radius 3 is 2.43 bits per heavy atom. The molecule has 0 unspecified atom stereocenters. The molecule has 1 aliphatic heterocycles. The number of amides is 1. The number of nitrogens with one attached hydrogen (secondary N) is 1. The number of thioether (sulfide) groups is 1. The Labute approximate surface area is 152 Å². The standard InChI is InChI=1S/C16H9Cl3N2OS/c17-10-3-1-9(2-4-10)7-14-15(22)21-16(23-14)20-11-5-6-12(18)13(19)8-11/h1-8H,(H,20,21,22)/b14-7+. The van der Waals surface area contributed by atoms with Crippen LogP contribution >= 0.6 is 46.6 Å². The normalized spacial score (nSPS) is 17.8. The van der Waals surface area contributed by atoms with Crippen LogP contribution in [-0.2, 0) is 4.79 Å². The lowest BCUT2D eigenvalue weighted by atomic mass is 10.2. The number of benzene rings is 2. The van der Waals surface area contributed by atoms with E-state index in [9.17, 15) is 4.79 Å². The first-order valence-electron chi connectivity index (χ1n) is 6.51. The minimum Gasteiger partial charge on any atom is -0.300 e. The van der Waals surface area contributed by atoms with E-state index in [0.29, 0.717) is 30.8 Å². The van der Waals surface area contributed by atoms with Gasteiger partial charge in [-0.05, 0) is 53.7 Å². The molecule has 0 spiro atoms. The van der Waals surface area contributed by atoms with Gasteiger partial charge in [-0.1, -0.05) is 46.9 Å². The number of carbonyl (C=O) groups is 1. The molecule has 1 heterocycles. The molecule has 1 N–H and O–H groups in total. The van der Waals surface area contributed by atoms with Crippen LogP contribution in [0.25, 0.3) is 6.08 Å². The van der Waals surface area contributed by atoms with Crippen LogP contribution in [0.5, 0.6) is 0 Å². The Bertz CT molecular complexity index is 832.